The third kappa shape index (κ3) is 5.40. The predicted octanol–water partition coefficient (Wildman–Crippen LogP) is 3.14. The minimum Gasteiger partial charge on any atom is -0.497 e. The van der Waals surface area contributed by atoms with E-state index in [1.165, 1.54) is 0 Å². The van der Waals surface area contributed by atoms with Crippen molar-refractivity contribution in [2.45, 2.75) is 32.2 Å². The van der Waals surface area contributed by atoms with E-state index >= 15 is 0 Å². The second-order valence-corrected chi connectivity index (χ2v) is 9.78. The lowest BCUT2D eigenvalue weighted by Gasteiger charge is -2.43. The van der Waals surface area contributed by atoms with Gasteiger partial charge in [-0.3, -0.25) is 9.59 Å². The van der Waals surface area contributed by atoms with Gasteiger partial charge in [0.05, 0.1) is 13.8 Å². The zero-order valence-corrected chi connectivity index (χ0v) is 21.2. The molecule has 2 heterocycles. The van der Waals surface area contributed by atoms with Crippen LogP contribution < -0.4 is 20.3 Å². The summed E-state index contributed by atoms with van der Waals surface area (Å²) in [5, 5.41) is 5.83. The number of piperidine rings is 1. The first-order valence-electron chi connectivity index (χ1n) is 12.4. The van der Waals surface area contributed by atoms with E-state index in [1.807, 2.05) is 44.2 Å². The summed E-state index contributed by atoms with van der Waals surface area (Å²) < 4.78 is 5.17. The number of carbonyl (C=O) groups is 3. The summed E-state index contributed by atoms with van der Waals surface area (Å²) >= 11 is 0. The van der Waals surface area contributed by atoms with Gasteiger partial charge in [0.25, 0.3) is 5.91 Å². The highest BCUT2D eigenvalue weighted by atomic mass is 16.5. The molecule has 2 saturated heterocycles. The summed E-state index contributed by atoms with van der Waals surface area (Å²) in [6.07, 6.45) is 0.974. The molecule has 2 aliphatic rings. The van der Waals surface area contributed by atoms with Gasteiger partial charge in [0, 0.05) is 31.0 Å². The van der Waals surface area contributed by atoms with Gasteiger partial charge in [0.15, 0.2) is 0 Å². The Morgan fingerprint density at radius 1 is 1.03 bits per heavy atom. The number of hydrogen-bond acceptors (Lipinski definition) is 5. The van der Waals surface area contributed by atoms with Crippen molar-refractivity contribution >= 4 is 29.2 Å². The number of urea groups is 1. The van der Waals surface area contributed by atoms with Gasteiger partial charge in [-0.2, -0.15) is 0 Å². The van der Waals surface area contributed by atoms with Crippen molar-refractivity contribution in [3.63, 3.8) is 0 Å². The standard InChI is InChI=1S/C27H35N5O4/c1-20(2)17-28-24(33)18-31-19-32(22-7-5-4-6-8-22)27(25(31)34)13-15-30(16-14-27)26(35)29-21-9-11-23(36-3)12-10-21/h4-12,20H,13-19H2,1-3H3,(H,28,33)(H,29,35). The van der Waals surface area contributed by atoms with E-state index in [9.17, 15) is 14.4 Å². The topological polar surface area (TPSA) is 94.2 Å². The monoisotopic (exact) mass is 493 g/mol. The zero-order valence-electron chi connectivity index (χ0n) is 21.2. The average Bonchev–Trinajstić information content (AvgIpc) is 3.15. The maximum absolute atomic E-state index is 13.7. The molecular formula is C27H35N5O4. The Hall–Kier alpha value is -3.75. The zero-order chi connectivity index (χ0) is 25.7. The van der Waals surface area contributed by atoms with E-state index < -0.39 is 5.54 Å². The summed E-state index contributed by atoms with van der Waals surface area (Å²) in [5.74, 6) is 0.847. The Morgan fingerprint density at radius 2 is 1.69 bits per heavy atom. The molecular weight excluding hydrogens is 458 g/mol. The molecule has 4 amide bonds. The van der Waals surface area contributed by atoms with Gasteiger partial charge in [-0.05, 0) is 55.2 Å². The molecule has 1 spiro atoms. The minimum absolute atomic E-state index is 0.0261. The quantitative estimate of drug-likeness (QED) is 0.618. The van der Waals surface area contributed by atoms with Gasteiger partial charge in [-0.1, -0.05) is 32.0 Å². The Kier molecular flexibility index (Phi) is 7.67. The van der Waals surface area contributed by atoms with Crippen LogP contribution in [0.25, 0.3) is 0 Å². The van der Waals surface area contributed by atoms with Crippen LogP contribution in [0.3, 0.4) is 0 Å². The molecule has 192 valence electrons. The number of benzene rings is 2. The predicted molar refractivity (Wildman–Crippen MR) is 139 cm³/mol. The second kappa shape index (κ2) is 10.9. The number of rotatable bonds is 7. The molecule has 0 bridgehead atoms. The number of likely N-dealkylation sites (tertiary alicyclic amines) is 1. The number of hydrogen-bond donors (Lipinski definition) is 2. The summed E-state index contributed by atoms with van der Waals surface area (Å²) in [7, 11) is 1.60. The van der Waals surface area contributed by atoms with Crippen molar-refractivity contribution in [2.75, 3.05) is 50.2 Å². The molecule has 0 unspecified atom stereocenters. The molecule has 0 aromatic heterocycles. The SMILES string of the molecule is COc1ccc(NC(=O)N2CCC3(CC2)C(=O)N(CC(=O)NCC(C)C)CN3c2ccccc2)cc1. The van der Waals surface area contributed by atoms with Crippen LogP contribution in [0.1, 0.15) is 26.7 Å². The van der Waals surface area contributed by atoms with Crippen LogP contribution in [0.4, 0.5) is 16.2 Å². The molecule has 2 aliphatic heterocycles. The molecule has 9 heteroatoms. The van der Waals surface area contributed by atoms with Crippen LogP contribution in [0.15, 0.2) is 54.6 Å². The van der Waals surface area contributed by atoms with E-state index in [-0.39, 0.29) is 24.4 Å². The van der Waals surface area contributed by atoms with Gasteiger partial charge >= 0.3 is 6.03 Å². The van der Waals surface area contributed by atoms with E-state index in [0.717, 1.165) is 11.4 Å². The molecule has 4 rings (SSSR count). The Labute approximate surface area is 212 Å². The highest BCUT2D eigenvalue weighted by molar-refractivity contribution is 5.97. The fourth-order valence-electron chi connectivity index (χ4n) is 4.83. The third-order valence-electron chi connectivity index (χ3n) is 6.84. The number of nitrogens with one attached hydrogen (secondary N) is 2. The number of ether oxygens (including phenoxy) is 1. The van der Waals surface area contributed by atoms with Crippen LogP contribution in [0.2, 0.25) is 0 Å². The van der Waals surface area contributed by atoms with Gasteiger partial charge in [0.1, 0.15) is 17.8 Å². The second-order valence-electron chi connectivity index (χ2n) is 9.78. The molecule has 2 aromatic rings. The van der Waals surface area contributed by atoms with Crippen molar-refractivity contribution in [1.82, 2.24) is 15.1 Å². The highest BCUT2D eigenvalue weighted by Gasteiger charge is 2.54. The summed E-state index contributed by atoms with van der Waals surface area (Å²) in [5.41, 5.74) is 0.839. The molecule has 0 saturated carbocycles. The maximum atomic E-state index is 13.7. The summed E-state index contributed by atoms with van der Waals surface area (Å²) in [6.45, 7) is 5.88. The minimum atomic E-state index is -0.781. The van der Waals surface area contributed by atoms with Gasteiger partial charge in [0.2, 0.25) is 5.91 Å². The number of methoxy groups -OCH3 is 1. The number of nitrogens with zero attached hydrogens (tertiary/aromatic N) is 3. The smallest absolute Gasteiger partial charge is 0.321 e. The number of anilines is 2. The normalized spacial score (nSPS) is 17.0. The highest BCUT2D eigenvalue weighted by Crippen LogP contribution is 2.39. The van der Waals surface area contributed by atoms with Crippen molar-refractivity contribution < 1.29 is 19.1 Å². The Morgan fingerprint density at radius 3 is 2.31 bits per heavy atom. The molecule has 0 atom stereocenters. The van der Waals surface area contributed by atoms with Crippen LogP contribution in [0, 0.1) is 5.92 Å². The molecule has 2 N–H and O–H groups in total. The van der Waals surface area contributed by atoms with Gasteiger partial charge in [-0.15, -0.1) is 0 Å². The lowest BCUT2D eigenvalue weighted by Crippen LogP contribution is -2.58. The molecule has 9 nitrogen and oxygen atoms in total. The lowest BCUT2D eigenvalue weighted by atomic mass is 9.85. The molecule has 0 aliphatic carbocycles. The van der Waals surface area contributed by atoms with Crippen molar-refractivity contribution in [2.24, 2.45) is 5.92 Å². The summed E-state index contributed by atoms with van der Waals surface area (Å²) in [6, 6.07) is 16.8. The van der Waals surface area contributed by atoms with Crippen molar-refractivity contribution in [3.8, 4) is 5.75 Å². The first kappa shape index (κ1) is 25.3. The number of amides is 4. The molecule has 0 radical (unpaired) electrons. The van der Waals surface area contributed by atoms with E-state index in [4.69, 9.17) is 4.74 Å². The van der Waals surface area contributed by atoms with Crippen LogP contribution in [-0.2, 0) is 9.59 Å². The maximum Gasteiger partial charge on any atom is 0.321 e. The van der Waals surface area contributed by atoms with Crippen molar-refractivity contribution in [1.29, 1.82) is 0 Å². The average molecular weight is 494 g/mol. The molecule has 36 heavy (non-hydrogen) atoms. The van der Waals surface area contributed by atoms with E-state index in [1.54, 1.807) is 41.2 Å². The van der Waals surface area contributed by atoms with E-state index in [2.05, 4.69) is 15.5 Å². The number of carbonyl (C=O) groups excluding carboxylic acids is 3. The molecule has 2 fully saturated rings. The first-order chi connectivity index (χ1) is 17.3. The number of para-hydroxylation sites is 1. The summed E-state index contributed by atoms with van der Waals surface area (Å²) in [4.78, 5) is 44.7. The Bertz CT molecular complexity index is 1070. The van der Waals surface area contributed by atoms with Crippen LogP contribution >= 0.6 is 0 Å². The van der Waals surface area contributed by atoms with Gasteiger partial charge < -0.3 is 30.1 Å². The van der Waals surface area contributed by atoms with Crippen LogP contribution in [0.5, 0.6) is 5.75 Å². The van der Waals surface area contributed by atoms with E-state index in [0.29, 0.717) is 50.7 Å². The van der Waals surface area contributed by atoms with Gasteiger partial charge in [-0.25, -0.2) is 4.79 Å². The van der Waals surface area contributed by atoms with Crippen LogP contribution in [-0.4, -0.2) is 73.1 Å². The Balaban J connectivity index is 1.46. The molecule has 2 aromatic carbocycles. The fraction of sp³-hybridized carbons (Fsp3) is 0.444. The first-order valence-corrected chi connectivity index (χ1v) is 12.4. The lowest BCUT2D eigenvalue weighted by molar-refractivity contribution is -0.137. The largest absolute Gasteiger partial charge is 0.497 e. The fourth-order valence-corrected chi connectivity index (χ4v) is 4.83. The third-order valence-corrected chi connectivity index (χ3v) is 6.84. The van der Waals surface area contributed by atoms with Crippen molar-refractivity contribution in [3.05, 3.63) is 54.6 Å².